The second-order valence-electron chi connectivity index (χ2n) is 6.27. The van der Waals surface area contributed by atoms with E-state index >= 15 is 0 Å². The first-order valence-electron chi connectivity index (χ1n) is 7.53. The molecule has 1 amide bonds. The summed E-state index contributed by atoms with van der Waals surface area (Å²) >= 11 is 0. The van der Waals surface area contributed by atoms with E-state index in [0.717, 1.165) is 12.8 Å². The number of carboxylic acids is 1. The second-order valence-corrected chi connectivity index (χ2v) is 6.27. The third-order valence-electron chi connectivity index (χ3n) is 3.98. The smallest absolute Gasteiger partial charge is 0.331 e. The molecular formula is C15H23N3O4. The van der Waals surface area contributed by atoms with Gasteiger partial charge in [0.15, 0.2) is 5.54 Å². The van der Waals surface area contributed by atoms with Gasteiger partial charge in [-0.15, -0.1) is 0 Å². The Balaban J connectivity index is 1.85. The monoisotopic (exact) mass is 309 g/mol. The number of amides is 1. The molecule has 7 heteroatoms. The Labute approximate surface area is 129 Å². The molecule has 0 aliphatic carbocycles. The molecule has 122 valence electrons. The minimum Gasteiger partial charge on any atom is -0.479 e. The molecule has 2 atom stereocenters. The number of hydrogen-bond donors (Lipinski definition) is 2. The van der Waals surface area contributed by atoms with Gasteiger partial charge in [-0.25, -0.2) is 4.79 Å². The van der Waals surface area contributed by atoms with E-state index in [-0.39, 0.29) is 18.1 Å². The average Bonchev–Trinajstić information content (AvgIpc) is 3.05. The number of hydrogen-bond acceptors (Lipinski definition) is 4. The molecule has 2 rings (SSSR count). The number of carbonyl (C=O) groups is 2. The summed E-state index contributed by atoms with van der Waals surface area (Å²) in [5.74, 6) is -1.10. The maximum Gasteiger partial charge on any atom is 0.331 e. The number of carbonyl (C=O) groups excluding carboxylic acids is 1. The summed E-state index contributed by atoms with van der Waals surface area (Å²) in [5, 5.41) is 15.9. The molecule has 2 heterocycles. The summed E-state index contributed by atoms with van der Waals surface area (Å²) in [6.07, 6.45) is 6.55. The van der Waals surface area contributed by atoms with Crippen LogP contribution in [0, 0.1) is 0 Å². The number of aromatic nitrogens is 2. The molecule has 0 saturated carbocycles. The lowest BCUT2D eigenvalue weighted by atomic mass is 10.1. The summed E-state index contributed by atoms with van der Waals surface area (Å²) in [7, 11) is 0. The Hall–Kier alpha value is -1.89. The summed E-state index contributed by atoms with van der Waals surface area (Å²) in [6.45, 7) is 5.14. The van der Waals surface area contributed by atoms with Gasteiger partial charge in [-0.3, -0.25) is 9.48 Å². The van der Waals surface area contributed by atoms with Crippen LogP contribution in [0.2, 0.25) is 0 Å². The summed E-state index contributed by atoms with van der Waals surface area (Å²) in [6, 6.07) is 0. The minimum atomic E-state index is -1.16. The third-order valence-corrected chi connectivity index (χ3v) is 3.98. The number of aliphatic carboxylic acids is 1. The van der Waals surface area contributed by atoms with Crippen molar-refractivity contribution < 1.29 is 19.4 Å². The highest BCUT2D eigenvalue weighted by atomic mass is 16.5. The fourth-order valence-electron chi connectivity index (χ4n) is 2.40. The molecule has 7 nitrogen and oxygen atoms in total. The zero-order valence-corrected chi connectivity index (χ0v) is 13.2. The van der Waals surface area contributed by atoms with Crippen LogP contribution < -0.4 is 5.32 Å². The second kappa shape index (κ2) is 6.48. The highest BCUT2D eigenvalue weighted by molar-refractivity contribution is 5.90. The number of nitrogens with zero attached hydrogens (tertiary/aromatic N) is 2. The number of nitrogens with one attached hydrogen (secondary N) is 1. The molecule has 0 bridgehead atoms. The Morgan fingerprint density at radius 2 is 2.23 bits per heavy atom. The average molecular weight is 309 g/mol. The van der Waals surface area contributed by atoms with Gasteiger partial charge < -0.3 is 15.2 Å². The molecule has 0 aromatic carbocycles. The van der Waals surface area contributed by atoms with Crippen molar-refractivity contribution in [2.24, 2.45) is 0 Å². The lowest BCUT2D eigenvalue weighted by Gasteiger charge is -2.19. The molecule has 2 unspecified atom stereocenters. The van der Waals surface area contributed by atoms with Gasteiger partial charge in [-0.1, -0.05) is 0 Å². The Kier molecular flexibility index (Phi) is 4.85. The van der Waals surface area contributed by atoms with Crippen LogP contribution in [0.3, 0.4) is 0 Å². The maximum absolute atomic E-state index is 11.9. The fourth-order valence-corrected chi connectivity index (χ4v) is 2.40. The minimum absolute atomic E-state index is 0.115. The predicted molar refractivity (Wildman–Crippen MR) is 80.6 cm³/mol. The fraction of sp³-hybridized carbons (Fsp3) is 0.667. The van der Waals surface area contributed by atoms with E-state index in [2.05, 4.69) is 10.4 Å². The quantitative estimate of drug-likeness (QED) is 0.838. The molecule has 1 aliphatic rings. The molecule has 1 fully saturated rings. The van der Waals surface area contributed by atoms with Crippen LogP contribution in [-0.2, 0) is 19.9 Å². The molecule has 0 spiro atoms. The first-order valence-corrected chi connectivity index (χ1v) is 7.53. The van der Waals surface area contributed by atoms with Crippen molar-refractivity contribution in [1.29, 1.82) is 0 Å². The lowest BCUT2D eigenvalue weighted by molar-refractivity contribution is -0.146. The predicted octanol–water partition coefficient (Wildman–Crippen LogP) is 1.99. The summed E-state index contributed by atoms with van der Waals surface area (Å²) in [5.41, 5.74) is -0.656. The molecule has 2 N–H and O–H groups in total. The maximum atomic E-state index is 11.9. The van der Waals surface area contributed by atoms with Crippen molar-refractivity contribution >= 4 is 17.6 Å². The molecular weight excluding hydrogens is 286 g/mol. The van der Waals surface area contributed by atoms with Crippen LogP contribution in [0.4, 0.5) is 5.69 Å². The largest absolute Gasteiger partial charge is 0.479 e. The van der Waals surface area contributed by atoms with Crippen molar-refractivity contribution in [3.63, 3.8) is 0 Å². The van der Waals surface area contributed by atoms with E-state index in [1.807, 2.05) is 6.92 Å². The summed E-state index contributed by atoms with van der Waals surface area (Å²) in [4.78, 5) is 23.1. The molecule has 0 radical (unpaired) electrons. The zero-order valence-electron chi connectivity index (χ0n) is 13.2. The zero-order chi connectivity index (χ0) is 16.3. The highest BCUT2D eigenvalue weighted by Gasteiger charge is 2.30. The van der Waals surface area contributed by atoms with Gasteiger partial charge in [-0.2, -0.15) is 5.10 Å². The number of carboxylic acid groups (broad SMARTS) is 1. The van der Waals surface area contributed by atoms with Crippen molar-refractivity contribution in [1.82, 2.24) is 9.78 Å². The molecule has 1 aromatic heterocycles. The van der Waals surface area contributed by atoms with E-state index < -0.39 is 11.5 Å². The normalized spacial score (nSPS) is 21.8. The van der Waals surface area contributed by atoms with Gasteiger partial charge in [0.05, 0.1) is 24.1 Å². The number of ether oxygens (including phenoxy) is 1. The standard InChI is InChI=1S/C15H23N3O4/c1-10-4-5-12(22-10)6-7-13(19)17-11-8-16-18(9-11)15(2,3)14(20)21/h8-10,12H,4-7H2,1-3H3,(H,17,19)(H,20,21). The van der Waals surface area contributed by atoms with Gasteiger partial charge in [-0.05, 0) is 40.0 Å². The first kappa shape index (κ1) is 16.5. The van der Waals surface area contributed by atoms with Gasteiger partial charge in [0.2, 0.25) is 5.91 Å². The molecule has 1 aliphatic heterocycles. The van der Waals surface area contributed by atoms with E-state index in [4.69, 9.17) is 9.84 Å². The Morgan fingerprint density at radius 3 is 2.82 bits per heavy atom. The van der Waals surface area contributed by atoms with Crippen LogP contribution in [0.1, 0.15) is 46.5 Å². The number of rotatable bonds is 6. The molecule has 1 saturated heterocycles. The SMILES string of the molecule is CC1CCC(CCC(=O)Nc2cnn(C(C)(C)C(=O)O)c2)O1. The van der Waals surface area contributed by atoms with Crippen LogP contribution in [-0.4, -0.2) is 39.0 Å². The van der Waals surface area contributed by atoms with Crippen LogP contribution in [0.15, 0.2) is 12.4 Å². The topological polar surface area (TPSA) is 93.5 Å². The van der Waals surface area contributed by atoms with Crippen LogP contribution in [0.25, 0.3) is 0 Å². The van der Waals surface area contributed by atoms with E-state index in [0.29, 0.717) is 18.5 Å². The van der Waals surface area contributed by atoms with Crippen LogP contribution >= 0.6 is 0 Å². The Bertz CT molecular complexity index is 553. The highest BCUT2D eigenvalue weighted by Crippen LogP contribution is 2.23. The van der Waals surface area contributed by atoms with E-state index in [1.54, 1.807) is 13.8 Å². The van der Waals surface area contributed by atoms with Crippen molar-refractivity contribution in [3.8, 4) is 0 Å². The molecule has 22 heavy (non-hydrogen) atoms. The van der Waals surface area contributed by atoms with Gasteiger partial charge in [0.25, 0.3) is 0 Å². The van der Waals surface area contributed by atoms with Gasteiger partial charge in [0.1, 0.15) is 0 Å². The van der Waals surface area contributed by atoms with E-state index in [9.17, 15) is 9.59 Å². The lowest BCUT2D eigenvalue weighted by Crippen LogP contribution is -2.35. The van der Waals surface area contributed by atoms with Crippen molar-refractivity contribution in [2.75, 3.05) is 5.32 Å². The summed E-state index contributed by atoms with van der Waals surface area (Å²) < 4.78 is 7.00. The first-order chi connectivity index (χ1) is 10.3. The van der Waals surface area contributed by atoms with Crippen LogP contribution in [0.5, 0.6) is 0 Å². The van der Waals surface area contributed by atoms with Gasteiger partial charge in [0, 0.05) is 12.6 Å². The number of anilines is 1. The van der Waals surface area contributed by atoms with Crippen molar-refractivity contribution in [2.45, 2.75) is 64.2 Å². The van der Waals surface area contributed by atoms with E-state index in [1.165, 1.54) is 17.1 Å². The third kappa shape index (κ3) is 3.85. The molecule has 1 aromatic rings. The Morgan fingerprint density at radius 1 is 1.50 bits per heavy atom. The van der Waals surface area contributed by atoms with Crippen molar-refractivity contribution in [3.05, 3.63) is 12.4 Å². The van der Waals surface area contributed by atoms with Gasteiger partial charge >= 0.3 is 5.97 Å².